The van der Waals surface area contributed by atoms with Gasteiger partial charge in [-0.1, -0.05) is 36.4 Å². The summed E-state index contributed by atoms with van der Waals surface area (Å²) in [5.41, 5.74) is 3.96. The number of rotatable bonds is 5. The molecule has 0 amide bonds. The van der Waals surface area contributed by atoms with E-state index in [0.29, 0.717) is 0 Å². The van der Waals surface area contributed by atoms with E-state index in [9.17, 15) is 4.79 Å². The molecule has 28 heavy (non-hydrogen) atoms. The lowest BCUT2D eigenvalue weighted by Gasteiger charge is -2.10. The third-order valence-electron chi connectivity index (χ3n) is 4.95. The molecule has 0 saturated heterocycles. The first-order chi connectivity index (χ1) is 13.6. The van der Waals surface area contributed by atoms with Gasteiger partial charge in [-0.15, -0.1) is 0 Å². The van der Waals surface area contributed by atoms with Gasteiger partial charge in [0.25, 0.3) is 5.91 Å². The Kier molecular flexibility index (Phi) is 4.85. The zero-order chi connectivity index (χ0) is 19.5. The van der Waals surface area contributed by atoms with E-state index < -0.39 is 0 Å². The maximum atomic E-state index is 12.9. The fourth-order valence-electron chi connectivity index (χ4n) is 3.37. The van der Waals surface area contributed by atoms with Crippen LogP contribution in [-0.4, -0.2) is 17.0 Å². The van der Waals surface area contributed by atoms with E-state index in [1.54, 1.807) is 4.57 Å². The molecular weight excluding hydrogens is 348 g/mol. The molecular formula is C24H22N2O2. The molecule has 0 bridgehead atoms. The first-order valence-corrected chi connectivity index (χ1v) is 9.30. The van der Waals surface area contributed by atoms with Crippen molar-refractivity contribution in [2.75, 3.05) is 11.9 Å². The van der Waals surface area contributed by atoms with Crippen LogP contribution in [-0.2, 0) is 0 Å². The molecule has 0 saturated carbocycles. The molecule has 1 heterocycles. The minimum Gasteiger partial charge on any atom is -0.457 e. The Bertz CT molecular complexity index is 1110. The molecule has 0 fully saturated rings. The summed E-state index contributed by atoms with van der Waals surface area (Å²) in [6.07, 6.45) is 0. The Balaban J connectivity index is 1.45. The quantitative estimate of drug-likeness (QED) is 0.483. The number of benzene rings is 3. The van der Waals surface area contributed by atoms with E-state index in [2.05, 4.69) is 18.3 Å². The number of ether oxygens (including phenoxy) is 1. The highest BCUT2D eigenvalue weighted by Crippen LogP contribution is 2.25. The lowest BCUT2D eigenvalue weighted by atomic mass is 10.2. The molecule has 0 atom stereocenters. The molecule has 1 aromatic heterocycles. The Morgan fingerprint density at radius 3 is 2.25 bits per heavy atom. The third kappa shape index (κ3) is 3.49. The van der Waals surface area contributed by atoms with Crippen LogP contribution in [0, 0.1) is 13.8 Å². The molecule has 0 aliphatic carbocycles. The van der Waals surface area contributed by atoms with Crippen molar-refractivity contribution in [1.29, 1.82) is 0 Å². The van der Waals surface area contributed by atoms with Gasteiger partial charge < -0.3 is 10.1 Å². The summed E-state index contributed by atoms with van der Waals surface area (Å²) in [6, 6.07) is 25.3. The molecule has 0 unspecified atom stereocenters. The van der Waals surface area contributed by atoms with Crippen LogP contribution in [0.2, 0.25) is 0 Å². The van der Waals surface area contributed by atoms with E-state index in [1.807, 2.05) is 79.7 Å². The Morgan fingerprint density at radius 1 is 0.857 bits per heavy atom. The third-order valence-corrected chi connectivity index (χ3v) is 4.95. The predicted molar refractivity (Wildman–Crippen MR) is 113 cm³/mol. The fraction of sp³-hybridized carbons (Fsp3) is 0.125. The Labute approximate surface area is 164 Å². The minimum absolute atomic E-state index is 0.0198. The van der Waals surface area contributed by atoms with Crippen LogP contribution < -0.4 is 10.1 Å². The largest absolute Gasteiger partial charge is 0.457 e. The van der Waals surface area contributed by atoms with Gasteiger partial charge in [0.1, 0.15) is 11.5 Å². The van der Waals surface area contributed by atoms with Crippen molar-refractivity contribution in [3.8, 4) is 11.5 Å². The van der Waals surface area contributed by atoms with E-state index >= 15 is 0 Å². The second kappa shape index (κ2) is 7.61. The van der Waals surface area contributed by atoms with Crippen molar-refractivity contribution < 1.29 is 9.53 Å². The van der Waals surface area contributed by atoms with Gasteiger partial charge in [0.15, 0.2) is 0 Å². The zero-order valence-electron chi connectivity index (χ0n) is 16.0. The van der Waals surface area contributed by atoms with Crippen LogP contribution in [0.5, 0.6) is 11.5 Å². The normalized spacial score (nSPS) is 10.8. The highest BCUT2D eigenvalue weighted by molar-refractivity contribution is 5.97. The summed E-state index contributed by atoms with van der Waals surface area (Å²) in [5, 5.41) is 4.33. The summed E-state index contributed by atoms with van der Waals surface area (Å²) < 4.78 is 7.59. The van der Waals surface area contributed by atoms with Crippen LogP contribution in [0.4, 0.5) is 5.69 Å². The molecule has 0 aliphatic rings. The summed E-state index contributed by atoms with van der Waals surface area (Å²) in [6.45, 7) is 4.27. The highest BCUT2D eigenvalue weighted by Gasteiger charge is 2.15. The van der Waals surface area contributed by atoms with Crippen LogP contribution in [0.25, 0.3) is 10.9 Å². The molecule has 4 nitrogen and oxygen atoms in total. The van der Waals surface area contributed by atoms with Gasteiger partial charge >= 0.3 is 0 Å². The standard InChI is InChI=1S/C24H22N2O2/c1-17-18(2)26(23-11-7-6-10-22(17)23)24(27)16-25-19-12-14-21(15-13-19)28-20-8-4-3-5-9-20/h3-15,25H,16H2,1-2H3. The fourth-order valence-corrected chi connectivity index (χ4v) is 3.37. The average molecular weight is 370 g/mol. The number of nitrogens with zero attached hydrogens (tertiary/aromatic N) is 1. The lowest BCUT2D eigenvalue weighted by molar-refractivity contribution is 0.0932. The van der Waals surface area contributed by atoms with Gasteiger partial charge in [0, 0.05) is 16.8 Å². The maximum absolute atomic E-state index is 12.9. The molecule has 4 heteroatoms. The molecule has 0 spiro atoms. The Morgan fingerprint density at radius 2 is 1.50 bits per heavy atom. The summed E-state index contributed by atoms with van der Waals surface area (Å²) in [5.74, 6) is 1.57. The van der Waals surface area contributed by atoms with Crippen molar-refractivity contribution in [1.82, 2.24) is 4.57 Å². The first-order valence-electron chi connectivity index (χ1n) is 9.30. The number of anilines is 1. The lowest BCUT2D eigenvalue weighted by Crippen LogP contribution is -2.21. The SMILES string of the molecule is Cc1c(C)n(C(=O)CNc2ccc(Oc3ccccc3)cc2)c2ccccc12. The molecule has 4 rings (SSSR count). The number of para-hydroxylation sites is 2. The monoisotopic (exact) mass is 370 g/mol. The molecule has 0 aliphatic heterocycles. The number of carbonyl (C=O) groups excluding carboxylic acids is 1. The predicted octanol–water partition coefficient (Wildman–Crippen LogP) is 5.80. The van der Waals surface area contributed by atoms with Crippen LogP contribution in [0.1, 0.15) is 16.1 Å². The molecule has 4 aromatic rings. The van der Waals surface area contributed by atoms with Gasteiger partial charge in [0.2, 0.25) is 0 Å². The number of aromatic nitrogens is 1. The molecule has 1 N–H and O–H groups in total. The number of aryl methyl sites for hydroxylation is 1. The number of fused-ring (bicyclic) bond motifs is 1. The van der Waals surface area contributed by atoms with E-state index in [4.69, 9.17) is 4.74 Å². The number of nitrogens with one attached hydrogen (secondary N) is 1. The van der Waals surface area contributed by atoms with Gasteiger partial charge in [0.05, 0.1) is 12.1 Å². The van der Waals surface area contributed by atoms with E-state index in [-0.39, 0.29) is 12.5 Å². The molecule has 140 valence electrons. The van der Waals surface area contributed by atoms with Crippen LogP contribution in [0.3, 0.4) is 0 Å². The topological polar surface area (TPSA) is 43.3 Å². The smallest absolute Gasteiger partial charge is 0.250 e. The van der Waals surface area contributed by atoms with Crippen molar-refractivity contribution in [3.05, 3.63) is 90.1 Å². The number of carbonyl (C=O) groups is 1. The number of hydrogen-bond acceptors (Lipinski definition) is 3. The van der Waals surface area contributed by atoms with Crippen molar-refractivity contribution in [3.63, 3.8) is 0 Å². The van der Waals surface area contributed by atoms with Crippen molar-refractivity contribution in [2.45, 2.75) is 13.8 Å². The van der Waals surface area contributed by atoms with Crippen LogP contribution in [0.15, 0.2) is 78.9 Å². The van der Waals surface area contributed by atoms with Gasteiger partial charge in [-0.05, 0) is 61.9 Å². The Hall–Kier alpha value is -3.53. The summed E-state index contributed by atoms with van der Waals surface area (Å²) in [7, 11) is 0. The highest BCUT2D eigenvalue weighted by atomic mass is 16.5. The first kappa shape index (κ1) is 17.9. The van der Waals surface area contributed by atoms with Crippen molar-refractivity contribution in [2.24, 2.45) is 0 Å². The van der Waals surface area contributed by atoms with E-state index in [0.717, 1.165) is 39.3 Å². The van der Waals surface area contributed by atoms with Gasteiger partial charge in [-0.25, -0.2) is 0 Å². The van der Waals surface area contributed by atoms with Gasteiger partial charge in [-0.3, -0.25) is 9.36 Å². The summed E-state index contributed by atoms with van der Waals surface area (Å²) >= 11 is 0. The van der Waals surface area contributed by atoms with Crippen LogP contribution >= 0.6 is 0 Å². The number of hydrogen-bond donors (Lipinski definition) is 1. The molecule has 3 aromatic carbocycles. The minimum atomic E-state index is 0.0198. The van der Waals surface area contributed by atoms with Crippen molar-refractivity contribution >= 4 is 22.5 Å². The zero-order valence-corrected chi connectivity index (χ0v) is 16.0. The second-order valence-corrected chi connectivity index (χ2v) is 6.75. The second-order valence-electron chi connectivity index (χ2n) is 6.75. The average Bonchev–Trinajstić information content (AvgIpc) is 2.99. The van der Waals surface area contributed by atoms with E-state index in [1.165, 1.54) is 0 Å². The van der Waals surface area contributed by atoms with Gasteiger partial charge in [-0.2, -0.15) is 0 Å². The maximum Gasteiger partial charge on any atom is 0.250 e. The summed E-state index contributed by atoms with van der Waals surface area (Å²) in [4.78, 5) is 12.9. The molecule has 0 radical (unpaired) electrons.